The van der Waals surface area contributed by atoms with Crippen LogP contribution in [0.5, 0.6) is 0 Å². The highest BCUT2D eigenvalue weighted by Crippen LogP contribution is 2.17. The van der Waals surface area contributed by atoms with Gasteiger partial charge in [-0.1, -0.05) is 30.3 Å². The van der Waals surface area contributed by atoms with Crippen molar-refractivity contribution in [2.45, 2.75) is 38.0 Å². The van der Waals surface area contributed by atoms with Gasteiger partial charge in [0.15, 0.2) is 0 Å². The Morgan fingerprint density at radius 2 is 2.14 bits per heavy atom. The Hall–Kier alpha value is -0.940. The Kier molecular flexibility index (Phi) is 7.33. The fourth-order valence-electron chi connectivity index (χ4n) is 3.10. The van der Waals surface area contributed by atoms with Crippen LogP contribution in [0.3, 0.4) is 0 Å². The minimum atomic E-state index is -0.421. The van der Waals surface area contributed by atoms with Crippen LogP contribution in [0.15, 0.2) is 30.3 Å². The Bertz CT molecular complexity index is 413. The number of hydrogen-bond donors (Lipinski definition) is 1. The molecule has 4 nitrogen and oxygen atoms in total. The van der Waals surface area contributed by atoms with Crippen LogP contribution in [0.1, 0.15) is 24.8 Å². The van der Waals surface area contributed by atoms with Crippen molar-refractivity contribution in [1.82, 2.24) is 9.80 Å². The largest absolute Gasteiger partial charge is 0.389 e. The molecule has 0 aliphatic carbocycles. The van der Waals surface area contributed by atoms with Gasteiger partial charge in [-0.15, -0.1) is 0 Å². The second kappa shape index (κ2) is 9.26. The molecular weight excluding hydrogens is 276 g/mol. The molecule has 4 heteroatoms. The number of aliphatic hydroxyl groups is 1. The van der Waals surface area contributed by atoms with Gasteiger partial charge in [-0.25, -0.2) is 0 Å². The Morgan fingerprint density at radius 3 is 2.82 bits per heavy atom. The maximum atomic E-state index is 10.1. The van der Waals surface area contributed by atoms with Crippen LogP contribution in [0.25, 0.3) is 0 Å². The summed E-state index contributed by atoms with van der Waals surface area (Å²) in [6.07, 6.45) is 3.40. The number of benzene rings is 1. The molecule has 1 aliphatic rings. The van der Waals surface area contributed by atoms with Crippen molar-refractivity contribution in [3.63, 3.8) is 0 Å². The predicted molar refractivity (Wildman–Crippen MR) is 89.9 cm³/mol. The summed E-state index contributed by atoms with van der Waals surface area (Å²) in [6.45, 7) is 3.89. The second-order valence-corrected chi connectivity index (χ2v) is 6.48. The highest BCUT2D eigenvalue weighted by atomic mass is 16.5. The van der Waals surface area contributed by atoms with Gasteiger partial charge in [0, 0.05) is 12.6 Å². The lowest BCUT2D eigenvalue weighted by molar-refractivity contribution is 0.0130. The van der Waals surface area contributed by atoms with Gasteiger partial charge in [0.2, 0.25) is 0 Å². The molecule has 1 aliphatic heterocycles. The van der Waals surface area contributed by atoms with Crippen molar-refractivity contribution in [1.29, 1.82) is 0 Å². The van der Waals surface area contributed by atoms with E-state index in [-0.39, 0.29) is 0 Å². The van der Waals surface area contributed by atoms with Crippen molar-refractivity contribution < 1.29 is 9.84 Å². The van der Waals surface area contributed by atoms with Gasteiger partial charge in [-0.2, -0.15) is 0 Å². The summed E-state index contributed by atoms with van der Waals surface area (Å²) in [5.41, 5.74) is 1.15. The maximum Gasteiger partial charge on any atom is 0.0900 e. The van der Waals surface area contributed by atoms with Gasteiger partial charge in [-0.3, -0.25) is 0 Å². The van der Waals surface area contributed by atoms with Crippen LogP contribution < -0.4 is 0 Å². The number of rotatable bonds is 9. The van der Waals surface area contributed by atoms with E-state index < -0.39 is 6.10 Å². The first-order valence-corrected chi connectivity index (χ1v) is 8.33. The topological polar surface area (TPSA) is 35.9 Å². The van der Waals surface area contributed by atoms with Crippen molar-refractivity contribution in [2.75, 3.05) is 40.3 Å². The molecule has 0 unspecified atom stereocenters. The molecule has 1 aromatic rings. The van der Waals surface area contributed by atoms with Crippen molar-refractivity contribution in [2.24, 2.45) is 0 Å². The first kappa shape index (κ1) is 17.4. The van der Waals surface area contributed by atoms with Gasteiger partial charge in [0.05, 0.1) is 19.3 Å². The van der Waals surface area contributed by atoms with Gasteiger partial charge in [0.1, 0.15) is 0 Å². The minimum Gasteiger partial charge on any atom is -0.389 e. The average Bonchev–Trinajstić information content (AvgIpc) is 2.91. The summed E-state index contributed by atoms with van der Waals surface area (Å²) in [5.74, 6) is 0. The molecule has 1 saturated heterocycles. The molecule has 0 aromatic heterocycles. The van der Waals surface area contributed by atoms with E-state index in [1.165, 1.54) is 25.8 Å². The molecule has 1 heterocycles. The number of hydrogen-bond acceptors (Lipinski definition) is 4. The van der Waals surface area contributed by atoms with Crippen molar-refractivity contribution in [3.05, 3.63) is 35.9 Å². The molecule has 1 N–H and O–H groups in total. The number of nitrogens with zero attached hydrogens (tertiary/aromatic N) is 2. The summed E-state index contributed by atoms with van der Waals surface area (Å²) in [5, 5.41) is 10.1. The van der Waals surface area contributed by atoms with E-state index >= 15 is 0 Å². The van der Waals surface area contributed by atoms with Crippen LogP contribution in [0.4, 0.5) is 0 Å². The van der Waals surface area contributed by atoms with E-state index in [0.29, 0.717) is 25.8 Å². The van der Waals surface area contributed by atoms with E-state index in [2.05, 4.69) is 23.9 Å². The Labute approximate surface area is 134 Å². The van der Waals surface area contributed by atoms with E-state index in [1.807, 2.05) is 30.3 Å². The van der Waals surface area contributed by atoms with Gasteiger partial charge in [-0.05, 0) is 52.0 Å². The van der Waals surface area contributed by atoms with E-state index in [4.69, 9.17) is 4.74 Å². The van der Waals surface area contributed by atoms with Gasteiger partial charge < -0.3 is 19.6 Å². The van der Waals surface area contributed by atoms with Crippen LogP contribution in [-0.4, -0.2) is 67.4 Å². The monoisotopic (exact) mass is 306 g/mol. The van der Waals surface area contributed by atoms with Crippen LogP contribution in [0.2, 0.25) is 0 Å². The van der Waals surface area contributed by atoms with Gasteiger partial charge >= 0.3 is 0 Å². The average molecular weight is 306 g/mol. The summed E-state index contributed by atoms with van der Waals surface area (Å²) in [4.78, 5) is 4.66. The quantitative estimate of drug-likeness (QED) is 0.757. The van der Waals surface area contributed by atoms with Crippen molar-refractivity contribution >= 4 is 0 Å². The lowest BCUT2D eigenvalue weighted by Crippen LogP contribution is -2.35. The summed E-state index contributed by atoms with van der Waals surface area (Å²) >= 11 is 0. The molecule has 2 rings (SSSR count). The van der Waals surface area contributed by atoms with Crippen molar-refractivity contribution in [3.8, 4) is 0 Å². The molecule has 0 radical (unpaired) electrons. The van der Waals surface area contributed by atoms with E-state index in [1.54, 1.807) is 0 Å². The number of ether oxygens (including phenoxy) is 1. The smallest absolute Gasteiger partial charge is 0.0900 e. The zero-order chi connectivity index (χ0) is 15.8. The molecule has 124 valence electrons. The number of aliphatic hydroxyl groups excluding tert-OH is 1. The Morgan fingerprint density at radius 1 is 1.36 bits per heavy atom. The zero-order valence-corrected chi connectivity index (χ0v) is 13.9. The molecule has 1 aromatic carbocycles. The lowest BCUT2D eigenvalue weighted by atomic mass is 10.1. The summed E-state index contributed by atoms with van der Waals surface area (Å²) < 4.78 is 5.59. The Balaban J connectivity index is 1.56. The molecule has 0 saturated carbocycles. The van der Waals surface area contributed by atoms with E-state index in [9.17, 15) is 5.11 Å². The normalized spacial score (nSPS) is 20.6. The minimum absolute atomic E-state index is 0.391. The molecule has 0 amide bonds. The van der Waals surface area contributed by atoms with Gasteiger partial charge in [0.25, 0.3) is 0 Å². The van der Waals surface area contributed by atoms with E-state index in [0.717, 1.165) is 12.1 Å². The van der Waals surface area contributed by atoms with Crippen LogP contribution >= 0.6 is 0 Å². The predicted octanol–water partition coefficient (Wildman–Crippen LogP) is 1.98. The second-order valence-electron chi connectivity index (χ2n) is 6.48. The third-order valence-corrected chi connectivity index (χ3v) is 4.46. The van der Waals surface area contributed by atoms with Crippen LogP contribution in [-0.2, 0) is 11.3 Å². The third kappa shape index (κ3) is 6.05. The molecule has 0 bridgehead atoms. The fourth-order valence-corrected chi connectivity index (χ4v) is 3.10. The molecule has 1 fully saturated rings. The zero-order valence-electron chi connectivity index (χ0n) is 13.9. The first-order chi connectivity index (χ1) is 10.6. The first-order valence-electron chi connectivity index (χ1n) is 8.33. The SMILES string of the molecule is CN(CC[C@@H]1CCCN1C)C[C@H](O)COCc1ccccc1. The number of likely N-dealkylation sites (N-methyl/N-ethyl adjacent to an activating group) is 1. The molecular formula is C18H30N2O2. The highest BCUT2D eigenvalue weighted by Gasteiger charge is 2.21. The molecule has 22 heavy (non-hydrogen) atoms. The summed E-state index contributed by atoms with van der Waals surface area (Å²) in [7, 11) is 4.29. The third-order valence-electron chi connectivity index (χ3n) is 4.46. The van der Waals surface area contributed by atoms with Crippen LogP contribution in [0, 0.1) is 0 Å². The molecule has 2 atom stereocenters. The number of likely N-dealkylation sites (tertiary alicyclic amines) is 1. The maximum absolute atomic E-state index is 10.1. The molecule has 0 spiro atoms. The fraction of sp³-hybridized carbons (Fsp3) is 0.667. The summed E-state index contributed by atoms with van der Waals surface area (Å²) in [6, 6.07) is 10.8. The lowest BCUT2D eigenvalue weighted by Gasteiger charge is -2.24. The highest BCUT2D eigenvalue weighted by molar-refractivity contribution is 5.13. The standard InChI is InChI=1S/C18H30N2O2/c1-19(12-10-17-9-6-11-20(17)2)13-18(21)15-22-14-16-7-4-3-5-8-16/h3-5,7-8,17-18,21H,6,9-15H2,1-2H3/t17-,18-/m0/s1.